The Balaban J connectivity index is 0.000000234. The zero-order valence-corrected chi connectivity index (χ0v) is 50.1. The van der Waals surface area contributed by atoms with Gasteiger partial charge in [0.05, 0.1) is 50.5 Å². The van der Waals surface area contributed by atoms with E-state index in [0.717, 1.165) is 32.0 Å². The molecule has 0 spiro atoms. The number of rotatable bonds is 8. The molecule has 2 amide bonds. The van der Waals surface area contributed by atoms with Gasteiger partial charge in [-0.2, -0.15) is 19.6 Å². The summed E-state index contributed by atoms with van der Waals surface area (Å²) in [7, 11) is 3.15. The number of ketones is 1. The Morgan fingerprint density at radius 2 is 0.963 bits per heavy atom. The van der Waals surface area contributed by atoms with E-state index in [-0.39, 0.29) is 60.7 Å². The summed E-state index contributed by atoms with van der Waals surface area (Å²) < 4.78 is 27.1. The normalized spacial score (nSPS) is 12.0. The summed E-state index contributed by atoms with van der Waals surface area (Å²) in [4.78, 5) is 91.0. The topological polar surface area (TPSA) is 286 Å². The lowest BCUT2D eigenvalue weighted by atomic mass is 10.1. The molecule has 0 atom stereocenters. The molecule has 28 heteroatoms. The summed E-state index contributed by atoms with van der Waals surface area (Å²) >= 11 is 15.7. The van der Waals surface area contributed by atoms with Gasteiger partial charge < -0.3 is 33.8 Å². The van der Waals surface area contributed by atoms with Crippen molar-refractivity contribution in [2.45, 2.75) is 119 Å². The van der Waals surface area contributed by atoms with E-state index in [2.05, 4.69) is 30.6 Å². The molecule has 428 valence electrons. The highest BCUT2D eigenvalue weighted by atomic mass is 35.5. The molecule has 0 unspecified atom stereocenters. The number of aryl methyl sites for hydroxylation is 2. The van der Waals surface area contributed by atoms with E-state index < -0.39 is 46.8 Å². The summed E-state index contributed by atoms with van der Waals surface area (Å²) in [5, 5.41) is 27.4. The lowest BCUT2D eigenvalue weighted by molar-refractivity contribution is -0.116. The fourth-order valence-electron chi connectivity index (χ4n) is 7.53. The van der Waals surface area contributed by atoms with Gasteiger partial charge in [0.2, 0.25) is 10.3 Å². The number of aromatic nitrogens is 10. The van der Waals surface area contributed by atoms with E-state index >= 15 is 0 Å². The monoisotopic (exact) mass is 1190 g/mol. The van der Waals surface area contributed by atoms with Crippen LogP contribution in [0.3, 0.4) is 0 Å². The second-order valence-electron chi connectivity index (χ2n) is 22.3. The third-order valence-corrected chi connectivity index (χ3v) is 13.4. The van der Waals surface area contributed by atoms with Crippen LogP contribution in [0.25, 0.3) is 42.9 Å². The van der Waals surface area contributed by atoms with Crippen LogP contribution in [0.15, 0.2) is 70.8 Å². The van der Waals surface area contributed by atoms with Crippen molar-refractivity contribution in [2.24, 2.45) is 14.1 Å². The Hall–Kier alpha value is -8.07. The first-order valence-corrected chi connectivity index (χ1v) is 27.1. The van der Waals surface area contributed by atoms with Gasteiger partial charge >= 0.3 is 24.4 Å². The first-order valence-electron chi connectivity index (χ1n) is 24.7. The van der Waals surface area contributed by atoms with Gasteiger partial charge in [0, 0.05) is 60.4 Å². The fourth-order valence-corrected chi connectivity index (χ4v) is 9.77. The number of nitrogens with two attached hydrogens (primary N) is 1. The zero-order valence-electron chi connectivity index (χ0n) is 47.0. The van der Waals surface area contributed by atoms with Crippen LogP contribution in [0.1, 0.15) is 95.6 Å². The van der Waals surface area contributed by atoms with Gasteiger partial charge in [-0.1, -0.05) is 45.9 Å². The standard InChI is InChI=1S/C28H31ClN6O6S.C25H28ClN7O5S/c1-15(36)11-16-12-17(14-33(8)23(16)37)22-31-32-24(42-22)34(25(38)40-27(2,3)4)20-10-9-19-18(21(20)29)13-30-35(19)26(39)41-28(5,6)7;1-24(2,3)37-22(35)32(21-30-29-19(39-21)13-10-15(27)20(34)31(7)12-13)17-9-8-16-14(18(17)26)11-28-33(16)23(36)38-25(4,5)6/h9-10,12-14H,11H2,1-8H3;8-12H,27H2,1-7H3. The van der Waals surface area contributed by atoms with Gasteiger partial charge in [0.15, 0.2) is 10.0 Å². The number of hydrogen-bond acceptors (Lipinski definition) is 20. The average Bonchev–Trinajstić information content (AvgIpc) is 4.29. The number of nitrogens with zero attached hydrogens (tertiary/aromatic N) is 12. The third kappa shape index (κ3) is 14.1. The fraction of sp³-hybridized carbons (Fsp3) is 0.377. The molecule has 2 aromatic carbocycles. The Labute approximate surface area is 481 Å². The second kappa shape index (κ2) is 22.8. The summed E-state index contributed by atoms with van der Waals surface area (Å²) in [6, 6.07) is 9.39. The highest BCUT2D eigenvalue weighted by Gasteiger charge is 2.34. The molecule has 6 heterocycles. The van der Waals surface area contributed by atoms with Crippen LogP contribution in [-0.4, -0.2) is 102 Å². The number of amides is 2. The molecule has 24 nitrogen and oxygen atoms in total. The third-order valence-electron chi connectivity index (χ3n) is 10.7. The number of nitrogen functional groups attached to an aromatic ring is 1. The number of carbonyl (C=O) groups is 5. The van der Waals surface area contributed by atoms with Gasteiger partial charge in [-0.05, 0) is 126 Å². The molecule has 0 aliphatic heterocycles. The predicted octanol–water partition coefficient (Wildman–Crippen LogP) is 11.2. The maximum absolute atomic E-state index is 13.5. The van der Waals surface area contributed by atoms with Crippen molar-refractivity contribution in [3.63, 3.8) is 0 Å². The second-order valence-corrected chi connectivity index (χ2v) is 25.0. The molecule has 0 aliphatic rings. The number of fused-ring (bicyclic) bond motifs is 2. The number of Topliss-reactive ketones (excluding diaryl/α,β-unsaturated/α-hetero) is 1. The van der Waals surface area contributed by atoms with Crippen molar-refractivity contribution in [3.8, 4) is 21.1 Å². The van der Waals surface area contributed by atoms with Crippen molar-refractivity contribution in [1.82, 2.24) is 49.1 Å². The largest absolute Gasteiger partial charge is 0.443 e. The van der Waals surface area contributed by atoms with E-state index in [0.29, 0.717) is 48.5 Å². The van der Waals surface area contributed by atoms with Crippen molar-refractivity contribution in [2.75, 3.05) is 15.5 Å². The molecular weight excluding hydrogens is 1130 g/mol. The van der Waals surface area contributed by atoms with Gasteiger partial charge in [-0.15, -0.1) is 20.4 Å². The Morgan fingerprint density at radius 1 is 0.580 bits per heavy atom. The van der Waals surface area contributed by atoms with Crippen LogP contribution in [0, 0.1) is 0 Å². The minimum atomic E-state index is -0.847. The molecule has 8 aromatic rings. The lowest BCUT2D eigenvalue weighted by Gasteiger charge is -2.26. The highest BCUT2D eigenvalue weighted by Crippen LogP contribution is 2.43. The minimum absolute atomic E-state index is 0.0250. The molecule has 0 radical (unpaired) electrons. The lowest BCUT2D eigenvalue weighted by Crippen LogP contribution is -2.34. The predicted molar refractivity (Wildman–Crippen MR) is 309 cm³/mol. The number of anilines is 5. The Bertz CT molecular complexity index is 3880. The van der Waals surface area contributed by atoms with E-state index in [4.69, 9.17) is 47.9 Å². The molecule has 0 fully saturated rings. The van der Waals surface area contributed by atoms with Gasteiger partial charge in [0.1, 0.15) is 28.2 Å². The number of ether oxygens (including phenoxy) is 4. The number of carbonyl (C=O) groups excluding carboxylic acids is 5. The van der Waals surface area contributed by atoms with E-state index in [1.807, 2.05) is 0 Å². The van der Waals surface area contributed by atoms with Crippen LogP contribution in [0.4, 0.5) is 46.5 Å². The molecule has 8 rings (SSSR count). The summed E-state index contributed by atoms with van der Waals surface area (Å²) in [6.45, 7) is 22.3. The summed E-state index contributed by atoms with van der Waals surface area (Å²) in [6.07, 6.45) is 3.10. The van der Waals surface area contributed by atoms with Gasteiger partial charge in [0.25, 0.3) is 11.1 Å². The van der Waals surface area contributed by atoms with E-state index in [9.17, 15) is 33.6 Å². The minimum Gasteiger partial charge on any atom is -0.443 e. The van der Waals surface area contributed by atoms with E-state index in [1.165, 1.54) is 44.3 Å². The smallest absolute Gasteiger partial charge is 0.435 e. The first-order chi connectivity index (χ1) is 37.5. The molecule has 81 heavy (non-hydrogen) atoms. The van der Waals surface area contributed by atoms with Crippen molar-refractivity contribution in [3.05, 3.63) is 97.5 Å². The van der Waals surface area contributed by atoms with Gasteiger partial charge in [-0.25, -0.2) is 29.0 Å². The number of halogens is 2. The maximum Gasteiger partial charge on any atom is 0.435 e. The highest BCUT2D eigenvalue weighted by molar-refractivity contribution is 7.19. The molecule has 0 bridgehead atoms. The zero-order chi connectivity index (χ0) is 60.0. The number of hydrogen-bond donors (Lipinski definition) is 1. The van der Waals surface area contributed by atoms with Crippen molar-refractivity contribution in [1.29, 1.82) is 0 Å². The quantitative estimate of drug-likeness (QED) is 0.138. The SMILES string of the molecule is CC(=O)Cc1cc(-c2nnc(N(C(=O)OC(C)(C)C)c3ccc4c(cnn4C(=O)OC(C)(C)C)c3Cl)s2)cn(C)c1=O.Cn1cc(-c2nnc(N(C(=O)OC(C)(C)C)c3ccc4c(cnn4C(=O)OC(C)(C)C)c3Cl)s2)cc(N)c1=O. The maximum atomic E-state index is 13.5. The van der Waals surface area contributed by atoms with Gasteiger partial charge in [-0.3, -0.25) is 14.4 Å². The number of benzene rings is 2. The molecule has 2 N–H and O–H groups in total. The summed E-state index contributed by atoms with van der Waals surface area (Å²) in [5.41, 5.74) is 4.76. The average molecular weight is 1190 g/mol. The molecule has 0 saturated heterocycles. The number of pyridine rings is 2. The van der Waals surface area contributed by atoms with Crippen molar-refractivity contribution < 1.29 is 42.9 Å². The molecule has 0 aliphatic carbocycles. The van der Waals surface area contributed by atoms with E-state index in [1.54, 1.807) is 140 Å². The molecule has 6 aromatic heterocycles. The Morgan fingerprint density at radius 3 is 1.33 bits per heavy atom. The molecule has 0 saturated carbocycles. The Kier molecular flexibility index (Phi) is 17.1. The van der Waals surface area contributed by atoms with Crippen LogP contribution >= 0.6 is 45.9 Å². The summed E-state index contributed by atoms with van der Waals surface area (Å²) in [5.74, 6) is -0.154. The van der Waals surface area contributed by atoms with Crippen LogP contribution < -0.4 is 26.7 Å². The van der Waals surface area contributed by atoms with Crippen LogP contribution in [-0.2, 0) is 44.3 Å². The van der Waals surface area contributed by atoms with Crippen LogP contribution in [0.2, 0.25) is 10.0 Å². The van der Waals surface area contributed by atoms with Crippen molar-refractivity contribution >= 4 is 125 Å². The first kappa shape index (κ1) is 60.6. The molecular formula is C53H59Cl2N13O11S2. The van der Waals surface area contributed by atoms with Crippen LogP contribution in [0.5, 0.6) is 0 Å².